The first-order chi connectivity index (χ1) is 6.20. The highest BCUT2D eigenvalue weighted by Gasteiger charge is 2.19. The molecule has 1 saturated carbocycles. The molecule has 3 atom stereocenters. The van der Waals surface area contributed by atoms with Crippen LogP contribution in [0.15, 0.2) is 0 Å². The molecule has 78 valence electrons. The first-order valence-corrected chi connectivity index (χ1v) is 6.96. The van der Waals surface area contributed by atoms with E-state index in [1.165, 1.54) is 25.7 Å². The Morgan fingerprint density at radius 3 is 2.69 bits per heavy atom. The van der Waals surface area contributed by atoms with Gasteiger partial charge in [-0.25, -0.2) is 0 Å². The third-order valence-corrected chi connectivity index (χ3v) is 3.69. The molecule has 0 aromatic carbocycles. The molecule has 0 aromatic heterocycles. The van der Waals surface area contributed by atoms with Crippen LogP contribution in [0.1, 0.15) is 32.6 Å². The quantitative estimate of drug-likeness (QED) is 0.751. The largest absolute Gasteiger partial charge is 0.313 e. The molecule has 0 bridgehead atoms. The fourth-order valence-corrected chi connectivity index (χ4v) is 2.41. The Hall–Kier alpha value is 0.110. The van der Waals surface area contributed by atoms with E-state index in [1.807, 2.05) is 0 Å². The summed E-state index contributed by atoms with van der Waals surface area (Å²) in [5.74, 6) is 1.60. The summed E-state index contributed by atoms with van der Waals surface area (Å²) >= 11 is 0. The zero-order valence-electron chi connectivity index (χ0n) is 8.71. The van der Waals surface area contributed by atoms with Gasteiger partial charge in [-0.05, 0) is 18.8 Å². The van der Waals surface area contributed by atoms with Crippen molar-refractivity contribution < 1.29 is 4.21 Å². The van der Waals surface area contributed by atoms with Crippen molar-refractivity contribution >= 4 is 10.8 Å². The second-order valence-corrected chi connectivity index (χ2v) is 5.65. The van der Waals surface area contributed by atoms with Gasteiger partial charge in [0.1, 0.15) is 0 Å². The Balaban J connectivity index is 2.15. The maximum absolute atomic E-state index is 10.8. The van der Waals surface area contributed by atoms with Gasteiger partial charge in [0.25, 0.3) is 0 Å². The van der Waals surface area contributed by atoms with Crippen molar-refractivity contribution in [1.29, 1.82) is 0 Å². The molecule has 1 N–H and O–H groups in total. The summed E-state index contributed by atoms with van der Waals surface area (Å²) in [6.45, 7) is 3.23. The predicted molar refractivity (Wildman–Crippen MR) is 58.4 cm³/mol. The molecule has 0 aromatic rings. The molecule has 2 nitrogen and oxygen atoms in total. The zero-order chi connectivity index (χ0) is 9.68. The van der Waals surface area contributed by atoms with Crippen LogP contribution in [0.4, 0.5) is 0 Å². The van der Waals surface area contributed by atoms with E-state index < -0.39 is 10.8 Å². The topological polar surface area (TPSA) is 29.1 Å². The molecule has 0 radical (unpaired) electrons. The standard InChI is InChI=1S/C10H21NOS/c1-9-5-3-4-6-10(9)11-7-8-13(2)12/h9-11H,3-8H2,1-2H3. The van der Waals surface area contributed by atoms with E-state index in [0.717, 1.165) is 18.2 Å². The average Bonchev–Trinajstić information content (AvgIpc) is 2.08. The van der Waals surface area contributed by atoms with E-state index in [2.05, 4.69) is 12.2 Å². The van der Waals surface area contributed by atoms with Crippen molar-refractivity contribution in [3.8, 4) is 0 Å². The van der Waals surface area contributed by atoms with Crippen LogP contribution >= 0.6 is 0 Å². The van der Waals surface area contributed by atoms with Crippen molar-refractivity contribution in [3.63, 3.8) is 0 Å². The Bertz CT molecular complexity index is 172. The highest BCUT2D eigenvalue weighted by molar-refractivity contribution is 7.84. The molecular formula is C10H21NOS. The van der Waals surface area contributed by atoms with Crippen LogP contribution in [-0.4, -0.2) is 28.8 Å². The summed E-state index contributed by atoms with van der Waals surface area (Å²) in [5.41, 5.74) is 0. The van der Waals surface area contributed by atoms with E-state index in [1.54, 1.807) is 6.26 Å². The number of hydrogen-bond acceptors (Lipinski definition) is 2. The summed E-state index contributed by atoms with van der Waals surface area (Å²) in [6, 6.07) is 0.678. The zero-order valence-corrected chi connectivity index (χ0v) is 9.53. The Morgan fingerprint density at radius 1 is 1.38 bits per heavy atom. The van der Waals surface area contributed by atoms with E-state index >= 15 is 0 Å². The molecule has 13 heavy (non-hydrogen) atoms. The summed E-state index contributed by atoms with van der Waals surface area (Å²) in [6.07, 6.45) is 7.17. The lowest BCUT2D eigenvalue weighted by Gasteiger charge is -2.29. The fourth-order valence-electron chi connectivity index (χ4n) is 2.01. The lowest BCUT2D eigenvalue weighted by Crippen LogP contribution is -2.39. The first-order valence-electron chi connectivity index (χ1n) is 5.23. The highest BCUT2D eigenvalue weighted by atomic mass is 32.2. The SMILES string of the molecule is CC1CCCCC1NCCS(C)=O. The van der Waals surface area contributed by atoms with Gasteiger partial charge >= 0.3 is 0 Å². The van der Waals surface area contributed by atoms with Crippen molar-refractivity contribution in [1.82, 2.24) is 5.32 Å². The van der Waals surface area contributed by atoms with Gasteiger partial charge in [0, 0.05) is 35.4 Å². The third kappa shape index (κ3) is 4.23. The smallest absolute Gasteiger partial charge is 0.0357 e. The molecule has 1 rings (SSSR count). The number of nitrogens with one attached hydrogen (secondary N) is 1. The third-order valence-electron chi connectivity index (χ3n) is 2.91. The van der Waals surface area contributed by atoms with Crippen molar-refractivity contribution in [2.45, 2.75) is 38.6 Å². The van der Waals surface area contributed by atoms with Gasteiger partial charge in [0.2, 0.25) is 0 Å². The van der Waals surface area contributed by atoms with Crippen LogP contribution in [-0.2, 0) is 10.8 Å². The fraction of sp³-hybridized carbons (Fsp3) is 1.00. The van der Waals surface area contributed by atoms with Gasteiger partial charge in [0.05, 0.1) is 0 Å². The average molecular weight is 203 g/mol. The Kier molecular flexibility index (Phi) is 4.96. The van der Waals surface area contributed by atoms with Crippen LogP contribution in [0.25, 0.3) is 0 Å². The molecule has 1 fully saturated rings. The molecule has 0 amide bonds. The molecule has 1 aliphatic carbocycles. The van der Waals surface area contributed by atoms with Gasteiger partial charge in [0.15, 0.2) is 0 Å². The van der Waals surface area contributed by atoms with Crippen molar-refractivity contribution in [3.05, 3.63) is 0 Å². The summed E-state index contributed by atoms with van der Waals surface area (Å²) in [4.78, 5) is 0. The molecule has 1 aliphatic rings. The second-order valence-electron chi connectivity index (χ2n) is 4.10. The van der Waals surface area contributed by atoms with Crippen LogP contribution in [0.3, 0.4) is 0 Å². The van der Waals surface area contributed by atoms with Crippen LogP contribution < -0.4 is 5.32 Å². The minimum Gasteiger partial charge on any atom is -0.313 e. The lowest BCUT2D eigenvalue weighted by molar-refractivity contribution is 0.285. The second kappa shape index (κ2) is 5.76. The minimum absolute atomic E-state index is 0.644. The van der Waals surface area contributed by atoms with Crippen LogP contribution in [0, 0.1) is 5.92 Å². The van der Waals surface area contributed by atoms with Crippen LogP contribution in [0.2, 0.25) is 0 Å². The molecule has 0 heterocycles. The number of hydrogen-bond donors (Lipinski definition) is 1. The van der Waals surface area contributed by atoms with Gasteiger partial charge in [-0.1, -0.05) is 19.8 Å². The molecule has 3 heteroatoms. The van der Waals surface area contributed by atoms with Gasteiger partial charge in [-0.3, -0.25) is 4.21 Å². The Morgan fingerprint density at radius 2 is 2.08 bits per heavy atom. The highest BCUT2D eigenvalue weighted by Crippen LogP contribution is 2.23. The van der Waals surface area contributed by atoms with E-state index in [0.29, 0.717) is 6.04 Å². The van der Waals surface area contributed by atoms with Gasteiger partial charge < -0.3 is 5.32 Å². The van der Waals surface area contributed by atoms with Crippen LogP contribution in [0.5, 0.6) is 0 Å². The van der Waals surface area contributed by atoms with Gasteiger partial charge in [-0.15, -0.1) is 0 Å². The molecule has 0 saturated heterocycles. The molecule has 0 aliphatic heterocycles. The Labute approximate surface area is 83.9 Å². The molecule has 3 unspecified atom stereocenters. The molecular weight excluding hydrogens is 182 g/mol. The first kappa shape index (κ1) is 11.2. The summed E-state index contributed by atoms with van der Waals surface area (Å²) in [5, 5.41) is 3.51. The van der Waals surface area contributed by atoms with Crippen molar-refractivity contribution in [2.75, 3.05) is 18.6 Å². The summed E-state index contributed by atoms with van der Waals surface area (Å²) < 4.78 is 10.8. The van der Waals surface area contributed by atoms with E-state index in [4.69, 9.17) is 0 Å². The van der Waals surface area contributed by atoms with E-state index in [9.17, 15) is 4.21 Å². The molecule has 0 spiro atoms. The maximum Gasteiger partial charge on any atom is 0.0357 e. The lowest BCUT2D eigenvalue weighted by atomic mass is 9.86. The van der Waals surface area contributed by atoms with Crippen molar-refractivity contribution in [2.24, 2.45) is 5.92 Å². The van der Waals surface area contributed by atoms with Gasteiger partial charge in [-0.2, -0.15) is 0 Å². The predicted octanol–water partition coefficient (Wildman–Crippen LogP) is 1.53. The maximum atomic E-state index is 10.8. The minimum atomic E-state index is -0.644. The number of rotatable bonds is 4. The summed E-state index contributed by atoms with van der Waals surface area (Å²) in [7, 11) is -0.644. The van der Waals surface area contributed by atoms with E-state index in [-0.39, 0.29) is 0 Å². The normalized spacial score (nSPS) is 31.5. The monoisotopic (exact) mass is 203 g/mol.